The average molecular weight is 909 g/mol. The third-order valence-electron chi connectivity index (χ3n) is 9.66. The number of halogens is 1. The number of anilines is 4. The Hall–Kier alpha value is -4.55. The van der Waals surface area contributed by atoms with Crippen LogP contribution in [0.3, 0.4) is 0 Å². The molecule has 0 radical (unpaired) electrons. The molecule has 2 heterocycles. The molecular formula is C42H49IN6O7S. The molecule has 5 aromatic rings. The molecule has 0 spiro atoms. The van der Waals surface area contributed by atoms with Gasteiger partial charge in [-0.1, -0.05) is 89.3 Å². The number of rotatable bonds is 20. The smallest absolute Gasteiger partial charge is 0.329 e. The summed E-state index contributed by atoms with van der Waals surface area (Å²) >= 11 is 2.27. The number of nitrogens with one attached hydrogen (secondary N) is 2. The second kappa shape index (κ2) is 20.2. The zero-order valence-corrected chi connectivity index (χ0v) is 35.4. The Bertz CT molecular complexity index is 2210. The highest BCUT2D eigenvalue weighted by molar-refractivity contribution is 14.1. The molecule has 0 bridgehead atoms. The highest BCUT2D eigenvalue weighted by Gasteiger charge is 2.42. The second-order valence-electron chi connectivity index (χ2n) is 13.6. The molecule has 0 saturated carbocycles. The molecule has 2 atom stereocenters. The van der Waals surface area contributed by atoms with Gasteiger partial charge in [0.2, 0.25) is 5.95 Å². The van der Waals surface area contributed by atoms with Crippen molar-refractivity contribution in [3.63, 3.8) is 0 Å². The molecule has 15 heteroatoms. The molecular weight excluding hydrogens is 859 g/mol. The predicted octanol–water partition coefficient (Wildman–Crippen LogP) is 6.60. The Kier molecular flexibility index (Phi) is 14.9. The van der Waals surface area contributed by atoms with Gasteiger partial charge in [0.05, 0.1) is 51.6 Å². The van der Waals surface area contributed by atoms with Crippen molar-refractivity contribution in [1.82, 2.24) is 9.97 Å². The van der Waals surface area contributed by atoms with Crippen LogP contribution in [-0.2, 0) is 33.8 Å². The van der Waals surface area contributed by atoms with E-state index in [1.54, 1.807) is 36.5 Å². The van der Waals surface area contributed by atoms with Gasteiger partial charge in [-0.25, -0.2) is 18.2 Å². The fourth-order valence-corrected chi connectivity index (χ4v) is 8.64. The first-order chi connectivity index (χ1) is 27.7. The van der Waals surface area contributed by atoms with Crippen molar-refractivity contribution >= 4 is 72.5 Å². The monoisotopic (exact) mass is 908 g/mol. The third kappa shape index (κ3) is 10.5. The van der Waals surface area contributed by atoms with E-state index in [1.165, 1.54) is 7.11 Å². The normalized spacial score (nSPS) is 15.5. The number of carbonyl (C=O) groups is 1. The van der Waals surface area contributed by atoms with Crippen LogP contribution in [0.1, 0.15) is 17.9 Å². The van der Waals surface area contributed by atoms with Crippen LogP contribution in [0, 0.1) is 0 Å². The molecule has 1 aliphatic heterocycles. The first-order valence-corrected chi connectivity index (χ1v) is 21.8. The van der Waals surface area contributed by atoms with Crippen LogP contribution in [-0.4, -0.2) is 109 Å². The maximum atomic E-state index is 14.0. The predicted molar refractivity (Wildman–Crippen MR) is 233 cm³/mol. The highest BCUT2D eigenvalue weighted by Crippen LogP contribution is 2.41. The van der Waals surface area contributed by atoms with Gasteiger partial charge >= 0.3 is 5.97 Å². The van der Waals surface area contributed by atoms with Gasteiger partial charge in [0.15, 0.2) is 0 Å². The molecule has 1 aliphatic rings. The number of hydrogen-bond donors (Lipinski definition) is 2. The Labute approximate surface area is 348 Å². The highest BCUT2D eigenvalue weighted by atomic mass is 127. The summed E-state index contributed by atoms with van der Waals surface area (Å²) in [6.45, 7) is 4.05. The van der Waals surface area contributed by atoms with Gasteiger partial charge in [0, 0.05) is 71.4 Å². The van der Waals surface area contributed by atoms with Gasteiger partial charge in [-0.15, -0.1) is 0 Å². The van der Waals surface area contributed by atoms with Crippen LogP contribution >= 0.6 is 22.6 Å². The molecule has 1 saturated heterocycles. The van der Waals surface area contributed by atoms with E-state index in [2.05, 4.69) is 37.6 Å². The first kappa shape index (κ1) is 42.1. The minimum absolute atomic E-state index is 0.141. The van der Waals surface area contributed by atoms with Crippen molar-refractivity contribution in [1.29, 1.82) is 0 Å². The minimum Gasteiger partial charge on any atom is -0.467 e. The number of fused-ring (bicyclic) bond motifs is 1. The lowest BCUT2D eigenvalue weighted by atomic mass is 9.91. The molecule has 57 heavy (non-hydrogen) atoms. The van der Waals surface area contributed by atoms with E-state index in [1.807, 2.05) is 84.6 Å². The van der Waals surface area contributed by atoms with Crippen LogP contribution in [0.25, 0.3) is 21.9 Å². The third-order valence-corrected chi connectivity index (χ3v) is 11.5. The van der Waals surface area contributed by atoms with E-state index in [4.69, 9.17) is 23.9 Å². The molecule has 2 unspecified atom stereocenters. The molecule has 6 rings (SSSR count). The average Bonchev–Trinajstić information content (AvgIpc) is 3.67. The van der Waals surface area contributed by atoms with Gasteiger partial charge in [-0.2, -0.15) is 4.98 Å². The molecule has 0 aliphatic carbocycles. The summed E-state index contributed by atoms with van der Waals surface area (Å²) in [5, 5.41) is 4.70. The largest absolute Gasteiger partial charge is 0.467 e. The number of aromatic nitrogens is 2. The number of carbonyl (C=O) groups excluding carboxylic acids is 1. The number of alkyl halides is 1. The van der Waals surface area contributed by atoms with Crippen LogP contribution in [0.4, 0.5) is 23.1 Å². The lowest BCUT2D eigenvalue weighted by molar-refractivity contribution is -0.142. The Morgan fingerprint density at radius 2 is 1.58 bits per heavy atom. The molecule has 2 N–H and O–H groups in total. The number of hydrogen-bond acceptors (Lipinski definition) is 12. The molecule has 4 aromatic carbocycles. The van der Waals surface area contributed by atoms with Gasteiger partial charge in [-0.05, 0) is 41.8 Å². The number of sulfonamides is 1. The molecule has 0 amide bonds. The van der Waals surface area contributed by atoms with E-state index in [0.717, 1.165) is 21.1 Å². The Morgan fingerprint density at radius 3 is 2.32 bits per heavy atom. The molecule has 1 aromatic heterocycles. The summed E-state index contributed by atoms with van der Waals surface area (Å²) in [7, 11) is 1.24. The van der Waals surface area contributed by atoms with E-state index in [-0.39, 0.29) is 16.8 Å². The summed E-state index contributed by atoms with van der Waals surface area (Å²) in [6, 6.07) is 27.3. The standard InChI is InChI=1S/C42H49IN6O7S/c1-48(2)37-16-8-15-35-34(37)14-9-17-38(35)57(51,52)47-32-13-7-12-31(28-32)36-29-45-42(44-20-23-55-25-27-56-26-24-54-22-19-43)46-40(36)49-21-18-33(39(49)41(50)53-3)30-10-5-4-6-11-30/h4-17,28-29,33,39,47H,18-27H2,1-3H3,(H,44,45,46). The maximum absolute atomic E-state index is 14.0. The van der Waals surface area contributed by atoms with E-state index in [9.17, 15) is 13.2 Å². The summed E-state index contributed by atoms with van der Waals surface area (Å²) in [5.41, 5.74) is 3.60. The quantitative estimate of drug-likeness (QED) is 0.0376. The van der Waals surface area contributed by atoms with E-state index < -0.39 is 16.1 Å². The summed E-state index contributed by atoms with van der Waals surface area (Å²) < 4.78 is 53.8. The molecule has 302 valence electrons. The number of benzene rings is 4. The van der Waals surface area contributed by atoms with E-state index >= 15 is 0 Å². The second-order valence-corrected chi connectivity index (χ2v) is 16.3. The topological polar surface area (TPSA) is 144 Å². The fraction of sp³-hybridized carbons (Fsp3) is 0.357. The lowest BCUT2D eigenvalue weighted by Gasteiger charge is -2.29. The van der Waals surface area contributed by atoms with E-state index in [0.29, 0.717) is 93.1 Å². The van der Waals surface area contributed by atoms with Crippen molar-refractivity contribution in [2.45, 2.75) is 23.3 Å². The van der Waals surface area contributed by atoms with Crippen LogP contribution in [0.5, 0.6) is 0 Å². The SMILES string of the molecule is COC(=O)C1C(c2ccccc2)CCN1c1nc(NCCOCCOCCOCCI)ncc1-c1cccc(NS(=O)(=O)c2cccc3c(N(C)C)cccc23)c1. The molecule has 1 fully saturated rings. The van der Waals surface area contributed by atoms with Crippen LogP contribution in [0.15, 0.2) is 102 Å². The zero-order valence-electron chi connectivity index (χ0n) is 32.4. The lowest BCUT2D eigenvalue weighted by Crippen LogP contribution is -2.40. The van der Waals surface area contributed by atoms with Crippen molar-refractivity contribution in [3.8, 4) is 11.1 Å². The van der Waals surface area contributed by atoms with Gasteiger partial charge in [0.25, 0.3) is 10.0 Å². The summed E-state index contributed by atoms with van der Waals surface area (Å²) in [4.78, 5) is 27.3. The van der Waals surface area contributed by atoms with Crippen LogP contribution < -0.4 is 19.8 Å². The number of ether oxygens (including phenoxy) is 4. The summed E-state index contributed by atoms with van der Waals surface area (Å²) in [6.07, 6.45) is 2.39. The Morgan fingerprint density at radius 1 is 0.877 bits per heavy atom. The fourth-order valence-electron chi connectivity index (χ4n) is 7.05. The van der Waals surface area contributed by atoms with Gasteiger partial charge in [0.1, 0.15) is 11.9 Å². The van der Waals surface area contributed by atoms with Crippen molar-refractivity contribution in [3.05, 3.63) is 103 Å². The number of methoxy groups -OCH3 is 1. The molecule has 13 nitrogen and oxygen atoms in total. The Balaban J connectivity index is 1.26. The van der Waals surface area contributed by atoms with Crippen molar-refractivity contribution < 1.29 is 32.2 Å². The van der Waals surface area contributed by atoms with Crippen LogP contribution in [0.2, 0.25) is 0 Å². The van der Waals surface area contributed by atoms with Crippen molar-refractivity contribution in [2.75, 3.05) is 98.2 Å². The zero-order chi connectivity index (χ0) is 40.2. The minimum atomic E-state index is -4.01. The maximum Gasteiger partial charge on any atom is 0.329 e. The number of esters is 1. The summed E-state index contributed by atoms with van der Waals surface area (Å²) in [5.74, 6) is 0.364. The van der Waals surface area contributed by atoms with Gasteiger partial charge in [-0.3, -0.25) is 4.72 Å². The number of nitrogens with zero attached hydrogens (tertiary/aromatic N) is 4. The first-order valence-electron chi connectivity index (χ1n) is 18.8. The van der Waals surface area contributed by atoms with Gasteiger partial charge < -0.3 is 34.1 Å². The van der Waals surface area contributed by atoms with Crippen molar-refractivity contribution in [2.24, 2.45) is 0 Å².